The summed E-state index contributed by atoms with van der Waals surface area (Å²) in [4.78, 5) is 4.60. The van der Waals surface area contributed by atoms with Crippen molar-refractivity contribution in [3.63, 3.8) is 0 Å². The summed E-state index contributed by atoms with van der Waals surface area (Å²) in [6.45, 7) is 2.04. The van der Waals surface area contributed by atoms with Crippen molar-refractivity contribution in [1.29, 1.82) is 5.26 Å². The van der Waals surface area contributed by atoms with Gasteiger partial charge in [-0.25, -0.2) is 9.37 Å². The molecule has 0 aliphatic rings. The van der Waals surface area contributed by atoms with Gasteiger partial charge in [-0.1, -0.05) is 29.8 Å². The molecular weight excluding hydrogens is 371 g/mol. The number of hydrogen-bond donors (Lipinski definition) is 0. The lowest BCUT2D eigenvalue weighted by Gasteiger charge is -1.97. The summed E-state index contributed by atoms with van der Waals surface area (Å²) in [5, 5.41) is 12.2. The summed E-state index contributed by atoms with van der Waals surface area (Å²) >= 11 is 1.42. The second kappa shape index (κ2) is 7.63. The molecule has 4 aromatic rings. The first kappa shape index (κ1) is 17.9. The molecule has 4 rings (SSSR count). The maximum atomic E-state index is 13.1. The molecular formula is C23H15FN2OS. The van der Waals surface area contributed by atoms with Gasteiger partial charge >= 0.3 is 0 Å². The number of nitriles is 1. The number of furan rings is 1. The van der Waals surface area contributed by atoms with Crippen LogP contribution >= 0.6 is 11.3 Å². The summed E-state index contributed by atoms with van der Waals surface area (Å²) in [5.41, 5.74) is 4.25. The first-order chi connectivity index (χ1) is 13.6. The van der Waals surface area contributed by atoms with E-state index in [-0.39, 0.29) is 5.82 Å². The van der Waals surface area contributed by atoms with Crippen LogP contribution in [0.25, 0.3) is 34.2 Å². The Bertz CT molecular complexity index is 1180. The van der Waals surface area contributed by atoms with Gasteiger partial charge in [-0.3, -0.25) is 0 Å². The number of rotatable bonds is 4. The van der Waals surface area contributed by atoms with Gasteiger partial charge < -0.3 is 4.42 Å². The van der Waals surface area contributed by atoms with Crippen molar-refractivity contribution in [2.24, 2.45) is 0 Å². The molecule has 28 heavy (non-hydrogen) atoms. The zero-order chi connectivity index (χ0) is 19.5. The van der Waals surface area contributed by atoms with E-state index < -0.39 is 0 Å². The van der Waals surface area contributed by atoms with Gasteiger partial charge in [0.1, 0.15) is 28.4 Å². The summed E-state index contributed by atoms with van der Waals surface area (Å²) in [5.74, 6) is 0.862. The van der Waals surface area contributed by atoms with Gasteiger partial charge in [-0.15, -0.1) is 11.3 Å². The molecule has 0 saturated carbocycles. The average Bonchev–Trinajstić information content (AvgIpc) is 3.37. The summed E-state index contributed by atoms with van der Waals surface area (Å²) < 4.78 is 18.9. The van der Waals surface area contributed by atoms with Crippen molar-refractivity contribution in [3.05, 3.63) is 88.2 Å². The molecule has 0 radical (unpaired) electrons. The Morgan fingerprint density at radius 1 is 1.04 bits per heavy atom. The van der Waals surface area contributed by atoms with Gasteiger partial charge in [-0.2, -0.15) is 5.26 Å². The monoisotopic (exact) mass is 386 g/mol. The van der Waals surface area contributed by atoms with Crippen molar-refractivity contribution >= 4 is 23.0 Å². The summed E-state index contributed by atoms with van der Waals surface area (Å²) in [6.07, 6.45) is 1.67. The highest BCUT2D eigenvalue weighted by atomic mass is 32.1. The van der Waals surface area contributed by atoms with Crippen LogP contribution in [0.4, 0.5) is 4.39 Å². The molecule has 0 saturated heterocycles. The normalized spacial score (nSPS) is 11.4. The van der Waals surface area contributed by atoms with Crippen molar-refractivity contribution in [1.82, 2.24) is 4.98 Å². The van der Waals surface area contributed by atoms with Gasteiger partial charge in [0, 0.05) is 22.6 Å². The van der Waals surface area contributed by atoms with E-state index in [1.807, 2.05) is 36.6 Å². The van der Waals surface area contributed by atoms with Crippen LogP contribution in [0.2, 0.25) is 0 Å². The number of allylic oxidation sites excluding steroid dienone is 1. The standard InChI is InChI=1S/C23H15FN2OS/c1-15-2-4-16(5-3-15)21-14-28-23(26-21)18(13-25)12-20-10-11-22(27-20)17-6-8-19(24)9-7-17/h2-12,14H,1H3/b18-12+. The van der Waals surface area contributed by atoms with Gasteiger partial charge in [0.15, 0.2) is 0 Å². The Hall–Kier alpha value is -3.49. The number of thiazole rings is 1. The molecule has 0 aliphatic carbocycles. The Balaban J connectivity index is 1.61. The third kappa shape index (κ3) is 3.78. The van der Waals surface area contributed by atoms with Crippen molar-refractivity contribution in [3.8, 4) is 28.7 Å². The fraction of sp³-hybridized carbons (Fsp3) is 0.0435. The minimum absolute atomic E-state index is 0.296. The maximum Gasteiger partial charge on any atom is 0.134 e. The van der Waals surface area contributed by atoms with Crippen LogP contribution in [0, 0.1) is 24.1 Å². The topological polar surface area (TPSA) is 49.8 Å². The predicted octanol–water partition coefficient (Wildman–Crippen LogP) is 6.58. The summed E-state index contributed by atoms with van der Waals surface area (Å²) in [6, 6.07) is 20.0. The molecule has 2 aromatic heterocycles. The van der Waals surface area contributed by atoms with E-state index in [9.17, 15) is 9.65 Å². The molecule has 0 unspecified atom stereocenters. The number of aryl methyl sites for hydroxylation is 1. The van der Waals surface area contributed by atoms with E-state index in [1.54, 1.807) is 30.3 Å². The van der Waals surface area contributed by atoms with E-state index >= 15 is 0 Å². The third-order valence-corrected chi connectivity index (χ3v) is 5.12. The molecule has 0 bridgehead atoms. The van der Waals surface area contributed by atoms with Crippen LogP contribution in [-0.4, -0.2) is 4.98 Å². The zero-order valence-corrected chi connectivity index (χ0v) is 15.8. The van der Waals surface area contributed by atoms with Gasteiger partial charge in [-0.05, 0) is 43.3 Å². The second-order valence-electron chi connectivity index (χ2n) is 6.28. The maximum absolute atomic E-state index is 13.1. The van der Waals surface area contributed by atoms with Crippen LogP contribution < -0.4 is 0 Å². The lowest BCUT2D eigenvalue weighted by Crippen LogP contribution is -1.82. The van der Waals surface area contributed by atoms with Crippen molar-refractivity contribution < 1.29 is 8.81 Å². The van der Waals surface area contributed by atoms with Crippen LogP contribution in [0.5, 0.6) is 0 Å². The highest BCUT2D eigenvalue weighted by Gasteiger charge is 2.11. The molecule has 5 heteroatoms. The van der Waals surface area contributed by atoms with E-state index in [0.29, 0.717) is 22.1 Å². The quantitative estimate of drug-likeness (QED) is 0.372. The Morgan fingerprint density at radius 2 is 1.75 bits per heavy atom. The Labute approximate surface area is 166 Å². The molecule has 0 spiro atoms. The second-order valence-corrected chi connectivity index (χ2v) is 7.14. The van der Waals surface area contributed by atoms with E-state index in [0.717, 1.165) is 16.8 Å². The Kier molecular flexibility index (Phi) is 4.88. The number of hydrogen-bond acceptors (Lipinski definition) is 4. The van der Waals surface area contributed by atoms with Crippen LogP contribution in [0.3, 0.4) is 0 Å². The molecule has 0 amide bonds. The average molecular weight is 386 g/mol. The molecule has 2 aromatic carbocycles. The number of benzene rings is 2. The molecule has 0 atom stereocenters. The largest absolute Gasteiger partial charge is 0.457 e. The minimum Gasteiger partial charge on any atom is -0.457 e. The Morgan fingerprint density at radius 3 is 2.46 bits per heavy atom. The van der Waals surface area contributed by atoms with E-state index in [4.69, 9.17) is 4.42 Å². The SMILES string of the molecule is Cc1ccc(-c2csc(/C(C#N)=C/c3ccc(-c4ccc(F)cc4)o3)n2)cc1. The molecule has 0 N–H and O–H groups in total. The molecule has 136 valence electrons. The van der Waals surface area contributed by atoms with Crippen LogP contribution in [0.15, 0.2) is 70.5 Å². The molecule has 0 aliphatic heterocycles. The highest BCUT2D eigenvalue weighted by molar-refractivity contribution is 7.11. The minimum atomic E-state index is -0.296. The lowest BCUT2D eigenvalue weighted by molar-refractivity contribution is 0.571. The molecule has 0 fully saturated rings. The van der Waals surface area contributed by atoms with Crippen molar-refractivity contribution in [2.75, 3.05) is 0 Å². The van der Waals surface area contributed by atoms with Gasteiger partial charge in [0.2, 0.25) is 0 Å². The fourth-order valence-corrected chi connectivity index (χ4v) is 3.53. The third-order valence-electron chi connectivity index (χ3n) is 4.24. The fourth-order valence-electron chi connectivity index (χ4n) is 2.74. The zero-order valence-electron chi connectivity index (χ0n) is 15.0. The smallest absolute Gasteiger partial charge is 0.134 e. The number of aromatic nitrogens is 1. The number of nitrogens with zero attached hydrogens (tertiary/aromatic N) is 2. The first-order valence-corrected chi connectivity index (χ1v) is 9.51. The highest BCUT2D eigenvalue weighted by Crippen LogP contribution is 2.29. The van der Waals surface area contributed by atoms with E-state index in [1.165, 1.54) is 29.0 Å². The van der Waals surface area contributed by atoms with Crippen molar-refractivity contribution in [2.45, 2.75) is 6.92 Å². The molecule has 2 heterocycles. The molecule has 3 nitrogen and oxygen atoms in total. The summed E-state index contributed by atoms with van der Waals surface area (Å²) in [7, 11) is 0. The predicted molar refractivity (Wildman–Crippen MR) is 110 cm³/mol. The van der Waals surface area contributed by atoms with Crippen LogP contribution in [0.1, 0.15) is 16.3 Å². The van der Waals surface area contributed by atoms with E-state index in [2.05, 4.69) is 11.1 Å². The van der Waals surface area contributed by atoms with Crippen LogP contribution in [-0.2, 0) is 0 Å². The van der Waals surface area contributed by atoms with Gasteiger partial charge in [0.25, 0.3) is 0 Å². The van der Waals surface area contributed by atoms with Gasteiger partial charge in [0.05, 0.1) is 11.3 Å². The number of halogens is 1. The first-order valence-electron chi connectivity index (χ1n) is 8.63. The lowest BCUT2D eigenvalue weighted by atomic mass is 10.1.